The average Bonchev–Trinajstić information content (AvgIpc) is 3.43. The van der Waals surface area contributed by atoms with E-state index in [2.05, 4.69) is 215 Å². The van der Waals surface area contributed by atoms with Gasteiger partial charge in [-0.3, -0.25) is 14.4 Å². The number of carbonyl (C=O) groups is 3. The topological polar surface area (TPSA) is 78.9 Å². The zero-order valence-corrected chi connectivity index (χ0v) is 48.4. The van der Waals surface area contributed by atoms with Crippen molar-refractivity contribution in [3.05, 3.63) is 207 Å². The molecule has 0 spiro atoms. The van der Waals surface area contributed by atoms with Crippen molar-refractivity contribution in [2.75, 3.05) is 13.2 Å². The third-order valence-corrected chi connectivity index (χ3v) is 11.3. The highest BCUT2D eigenvalue weighted by molar-refractivity contribution is 5.71. The fraction of sp³-hybridized carbons (Fsp3) is 0.479. The Morgan fingerprint density at radius 1 is 0.260 bits per heavy atom. The standard InChI is InChI=1S/C71H104O6/c1-4-7-10-13-16-19-22-25-28-30-32-33-34-35-36-37-39-40-43-46-49-52-55-58-61-64-70(73)76-67-68(66-75-69(72)63-60-57-54-51-48-45-42-27-24-21-18-15-12-9-6-3)77-71(74)65-62-59-56-53-50-47-44-41-38-31-29-26-23-20-17-14-11-8-5-2/h7-12,16-21,25-29,32-33,35-36,38-42,46-51,56,59,68H,4-6,13-15,22-24,30-31,34,37,43-45,52-55,57-58,60-67H2,1-3H3/b10-7-,11-8-,12-9-,19-16-,20-17-,21-18-,28-25-,29-26-,33-32-,36-35-,40-39-,41-38-,42-27-,49-46-,50-47-,51-48-,59-56-. The summed E-state index contributed by atoms with van der Waals surface area (Å²) in [7, 11) is 0. The normalized spacial score (nSPS) is 13.6. The van der Waals surface area contributed by atoms with Gasteiger partial charge in [0.05, 0.1) is 0 Å². The summed E-state index contributed by atoms with van der Waals surface area (Å²) in [5.74, 6) is -1.13. The van der Waals surface area contributed by atoms with Gasteiger partial charge in [0.2, 0.25) is 0 Å². The molecule has 6 nitrogen and oxygen atoms in total. The zero-order valence-electron chi connectivity index (χ0n) is 48.4. The molecule has 0 saturated heterocycles. The lowest BCUT2D eigenvalue weighted by atomic mass is 10.1. The SMILES string of the molecule is CC/C=C\C/C=C\C/C=C\C/C=C\C/C=C\C/C=C\C/C=C\CCCCCC(=O)OCC(COC(=O)CCCC/C=C\C/C=C\C/C=C\C/C=C\CC)OC(=O)CC/C=C\C/C=C\C/C=C\C/C=C\C/C=C\C/C=C\CC. The van der Waals surface area contributed by atoms with Crippen molar-refractivity contribution >= 4 is 17.9 Å². The molecule has 0 N–H and O–H groups in total. The van der Waals surface area contributed by atoms with Crippen molar-refractivity contribution in [2.45, 2.75) is 207 Å². The second-order valence-electron chi connectivity index (χ2n) is 18.4. The van der Waals surface area contributed by atoms with Crippen LogP contribution in [0.1, 0.15) is 201 Å². The number of hydrogen-bond donors (Lipinski definition) is 0. The van der Waals surface area contributed by atoms with Gasteiger partial charge >= 0.3 is 17.9 Å². The third-order valence-electron chi connectivity index (χ3n) is 11.3. The van der Waals surface area contributed by atoms with Crippen LogP contribution in [0, 0.1) is 0 Å². The maximum absolute atomic E-state index is 12.8. The van der Waals surface area contributed by atoms with Crippen molar-refractivity contribution in [1.29, 1.82) is 0 Å². The van der Waals surface area contributed by atoms with Crippen molar-refractivity contribution in [3.8, 4) is 0 Å². The van der Waals surface area contributed by atoms with E-state index >= 15 is 0 Å². The second kappa shape index (κ2) is 62.5. The van der Waals surface area contributed by atoms with Crippen LogP contribution in [0.5, 0.6) is 0 Å². The molecule has 0 aliphatic heterocycles. The van der Waals surface area contributed by atoms with E-state index in [9.17, 15) is 14.4 Å². The summed E-state index contributed by atoms with van der Waals surface area (Å²) < 4.78 is 16.7. The van der Waals surface area contributed by atoms with Gasteiger partial charge in [-0.05, 0) is 154 Å². The Morgan fingerprint density at radius 3 is 0.779 bits per heavy atom. The number of ether oxygens (including phenoxy) is 3. The Hall–Kier alpha value is -6.01. The molecule has 0 fully saturated rings. The van der Waals surface area contributed by atoms with Gasteiger partial charge < -0.3 is 14.2 Å². The molecule has 0 bridgehead atoms. The number of hydrogen-bond acceptors (Lipinski definition) is 6. The first-order valence-electron chi connectivity index (χ1n) is 29.6. The molecule has 77 heavy (non-hydrogen) atoms. The Balaban J connectivity index is 4.64. The van der Waals surface area contributed by atoms with E-state index in [1.165, 1.54) is 0 Å². The van der Waals surface area contributed by atoms with Crippen LogP contribution in [0.15, 0.2) is 207 Å². The highest BCUT2D eigenvalue weighted by Gasteiger charge is 2.19. The van der Waals surface area contributed by atoms with Crippen LogP contribution in [0.25, 0.3) is 0 Å². The molecule has 0 rings (SSSR count). The molecular weight excluding hydrogens is 949 g/mol. The molecule has 0 aromatic rings. The molecule has 0 aromatic heterocycles. The Bertz CT molecular complexity index is 1930. The first-order valence-corrected chi connectivity index (χ1v) is 29.6. The average molecular weight is 1050 g/mol. The van der Waals surface area contributed by atoms with Gasteiger partial charge in [0.15, 0.2) is 6.10 Å². The summed E-state index contributed by atoms with van der Waals surface area (Å²) in [5, 5.41) is 0. The predicted octanol–water partition coefficient (Wildman–Crippen LogP) is 20.4. The van der Waals surface area contributed by atoms with Crippen molar-refractivity contribution in [2.24, 2.45) is 0 Å². The maximum Gasteiger partial charge on any atom is 0.306 e. The van der Waals surface area contributed by atoms with Gasteiger partial charge in [-0.2, -0.15) is 0 Å². The Kier molecular flexibility index (Phi) is 57.6. The van der Waals surface area contributed by atoms with Crippen LogP contribution >= 0.6 is 0 Å². The first kappa shape index (κ1) is 71.0. The molecule has 0 heterocycles. The minimum Gasteiger partial charge on any atom is -0.462 e. The Morgan fingerprint density at radius 2 is 0.494 bits per heavy atom. The largest absolute Gasteiger partial charge is 0.462 e. The van der Waals surface area contributed by atoms with Gasteiger partial charge in [0.25, 0.3) is 0 Å². The van der Waals surface area contributed by atoms with E-state index in [0.29, 0.717) is 19.3 Å². The van der Waals surface area contributed by atoms with E-state index in [1.807, 2.05) is 12.2 Å². The molecule has 0 saturated carbocycles. The lowest BCUT2D eigenvalue weighted by molar-refractivity contribution is -0.166. The number of rotatable bonds is 50. The van der Waals surface area contributed by atoms with E-state index in [0.717, 1.165) is 141 Å². The first-order chi connectivity index (χ1) is 38.0. The summed E-state index contributed by atoms with van der Waals surface area (Å²) in [5.41, 5.74) is 0. The monoisotopic (exact) mass is 1050 g/mol. The lowest BCUT2D eigenvalue weighted by Gasteiger charge is -2.18. The quantitative estimate of drug-likeness (QED) is 0.0261. The molecule has 0 aliphatic rings. The third kappa shape index (κ3) is 60.7. The van der Waals surface area contributed by atoms with Crippen molar-refractivity contribution in [3.63, 3.8) is 0 Å². The predicted molar refractivity (Wildman–Crippen MR) is 333 cm³/mol. The van der Waals surface area contributed by atoms with Crippen LogP contribution in [-0.2, 0) is 28.6 Å². The summed E-state index contributed by atoms with van der Waals surface area (Å²) in [6.07, 6.45) is 96.9. The Labute approximate surface area is 470 Å². The molecule has 6 heteroatoms. The summed E-state index contributed by atoms with van der Waals surface area (Å²) in [6.45, 7) is 6.14. The van der Waals surface area contributed by atoms with E-state index in [-0.39, 0.29) is 44.4 Å². The van der Waals surface area contributed by atoms with Gasteiger partial charge in [-0.25, -0.2) is 0 Å². The van der Waals surface area contributed by atoms with Crippen LogP contribution < -0.4 is 0 Å². The molecule has 424 valence electrons. The second-order valence-corrected chi connectivity index (χ2v) is 18.4. The molecule has 0 aromatic carbocycles. The molecule has 1 unspecified atom stereocenters. The fourth-order valence-corrected chi connectivity index (χ4v) is 6.97. The minimum atomic E-state index is -0.864. The minimum absolute atomic E-state index is 0.152. The maximum atomic E-state index is 12.8. The van der Waals surface area contributed by atoms with Gasteiger partial charge in [0, 0.05) is 19.3 Å². The van der Waals surface area contributed by atoms with Crippen molar-refractivity contribution < 1.29 is 28.6 Å². The van der Waals surface area contributed by atoms with Crippen LogP contribution in [-0.4, -0.2) is 37.2 Å². The fourth-order valence-electron chi connectivity index (χ4n) is 6.97. The van der Waals surface area contributed by atoms with E-state index in [4.69, 9.17) is 14.2 Å². The highest BCUT2D eigenvalue weighted by atomic mass is 16.6. The molecular formula is C71H104O6. The number of carbonyl (C=O) groups excluding carboxylic acids is 3. The summed E-state index contributed by atoms with van der Waals surface area (Å²) in [4.78, 5) is 38.2. The number of esters is 3. The van der Waals surface area contributed by atoms with Crippen LogP contribution in [0.3, 0.4) is 0 Å². The van der Waals surface area contributed by atoms with Gasteiger partial charge in [-0.15, -0.1) is 0 Å². The molecule has 0 amide bonds. The smallest absolute Gasteiger partial charge is 0.306 e. The van der Waals surface area contributed by atoms with Crippen LogP contribution in [0.4, 0.5) is 0 Å². The summed E-state index contributed by atoms with van der Waals surface area (Å²) >= 11 is 0. The lowest BCUT2D eigenvalue weighted by Crippen LogP contribution is -2.30. The molecule has 0 radical (unpaired) electrons. The van der Waals surface area contributed by atoms with Gasteiger partial charge in [-0.1, -0.05) is 234 Å². The molecule has 0 aliphatic carbocycles. The number of unbranched alkanes of at least 4 members (excludes halogenated alkanes) is 5. The van der Waals surface area contributed by atoms with Gasteiger partial charge in [0.1, 0.15) is 13.2 Å². The van der Waals surface area contributed by atoms with Crippen molar-refractivity contribution in [1.82, 2.24) is 0 Å². The number of allylic oxidation sites excluding steroid dienone is 34. The zero-order chi connectivity index (χ0) is 55.7. The van der Waals surface area contributed by atoms with E-state index < -0.39 is 12.1 Å². The van der Waals surface area contributed by atoms with E-state index in [1.54, 1.807) is 0 Å². The molecule has 1 atom stereocenters. The van der Waals surface area contributed by atoms with Crippen LogP contribution in [0.2, 0.25) is 0 Å². The highest BCUT2D eigenvalue weighted by Crippen LogP contribution is 2.10. The summed E-state index contributed by atoms with van der Waals surface area (Å²) in [6, 6.07) is 0.